The van der Waals surface area contributed by atoms with Crippen molar-refractivity contribution < 1.29 is 13.2 Å². The van der Waals surface area contributed by atoms with Gasteiger partial charge in [0.25, 0.3) is 0 Å². The number of sulfone groups is 1. The van der Waals surface area contributed by atoms with Gasteiger partial charge in [-0.2, -0.15) is 0 Å². The maximum atomic E-state index is 12.8. The molecule has 2 atom stereocenters. The number of benzene rings is 2. The number of fused-ring (bicyclic) bond motifs is 1. The number of aromatic nitrogens is 2. The molecule has 0 saturated heterocycles. The molecule has 2 aromatic heterocycles. The second-order valence-electron chi connectivity index (χ2n) is 8.33. The summed E-state index contributed by atoms with van der Waals surface area (Å²) in [4.78, 5) is 21.2. The van der Waals surface area contributed by atoms with Crippen LogP contribution in [0.5, 0.6) is 0 Å². The average molecular weight is 443 g/mol. The standard InChI is InChI=1S/C26H22N2O3S/c29-26(14-19-1-2-22-16-28-12-9-21(22)13-19)25-15-24(25)20-3-5-23(6-4-20)32(30,31)17-18-7-10-27-11-8-18/h1-13,16,24-25H,14-15,17H2/t24?,25-/m1/s1. The summed E-state index contributed by atoms with van der Waals surface area (Å²) in [7, 11) is -3.42. The molecule has 1 aliphatic carbocycles. The van der Waals surface area contributed by atoms with Crippen LogP contribution in [0.1, 0.15) is 29.0 Å². The first-order chi connectivity index (χ1) is 15.5. The van der Waals surface area contributed by atoms with E-state index in [0.29, 0.717) is 16.9 Å². The molecule has 0 aliphatic heterocycles. The number of hydrogen-bond donors (Lipinski definition) is 0. The van der Waals surface area contributed by atoms with Crippen LogP contribution < -0.4 is 0 Å². The molecule has 1 fully saturated rings. The fourth-order valence-corrected chi connectivity index (χ4v) is 5.55. The predicted octanol–water partition coefficient (Wildman–Crippen LogP) is 4.52. The number of rotatable bonds is 7. The summed E-state index contributed by atoms with van der Waals surface area (Å²) in [6.45, 7) is 0. The summed E-state index contributed by atoms with van der Waals surface area (Å²) in [5.41, 5.74) is 2.74. The first-order valence-corrected chi connectivity index (χ1v) is 12.2. The topological polar surface area (TPSA) is 77.0 Å². The first-order valence-electron chi connectivity index (χ1n) is 10.6. The molecule has 5 rings (SSSR count). The largest absolute Gasteiger partial charge is 0.299 e. The van der Waals surface area contributed by atoms with Crippen LogP contribution in [-0.2, 0) is 26.8 Å². The Morgan fingerprint density at radius 2 is 1.59 bits per heavy atom. The first kappa shape index (κ1) is 20.5. The number of nitrogens with zero attached hydrogens (tertiary/aromatic N) is 2. The van der Waals surface area contributed by atoms with Crippen LogP contribution in [-0.4, -0.2) is 24.2 Å². The number of pyridine rings is 2. The second kappa shape index (κ2) is 8.28. The SMILES string of the molecule is O=C(Cc1ccc2cnccc2c1)[C@@H]1CC1c1ccc(S(=O)(=O)Cc2ccncc2)cc1. The summed E-state index contributed by atoms with van der Waals surface area (Å²) >= 11 is 0. The molecule has 0 bridgehead atoms. The van der Waals surface area contributed by atoms with Gasteiger partial charge in [-0.15, -0.1) is 0 Å². The van der Waals surface area contributed by atoms with Gasteiger partial charge in [0, 0.05) is 42.5 Å². The van der Waals surface area contributed by atoms with E-state index < -0.39 is 9.84 Å². The molecule has 1 saturated carbocycles. The molecule has 0 radical (unpaired) electrons. The van der Waals surface area contributed by atoms with Gasteiger partial charge < -0.3 is 0 Å². The zero-order valence-corrected chi connectivity index (χ0v) is 18.2. The van der Waals surface area contributed by atoms with Crippen LogP contribution in [0.4, 0.5) is 0 Å². The Labute approximate surface area is 187 Å². The highest BCUT2D eigenvalue weighted by Gasteiger charge is 2.43. The van der Waals surface area contributed by atoms with Gasteiger partial charge in [-0.3, -0.25) is 14.8 Å². The number of hydrogen-bond acceptors (Lipinski definition) is 5. The Morgan fingerprint density at radius 1 is 0.844 bits per heavy atom. The molecule has 1 unspecified atom stereocenters. The molecule has 2 heterocycles. The van der Waals surface area contributed by atoms with Crippen molar-refractivity contribution in [3.05, 3.63) is 102 Å². The smallest absolute Gasteiger partial charge is 0.182 e. The lowest BCUT2D eigenvalue weighted by Gasteiger charge is -2.07. The van der Waals surface area contributed by atoms with Gasteiger partial charge in [-0.1, -0.05) is 30.3 Å². The van der Waals surface area contributed by atoms with Crippen molar-refractivity contribution in [1.82, 2.24) is 9.97 Å². The third kappa shape index (κ3) is 4.32. The van der Waals surface area contributed by atoms with Gasteiger partial charge in [-0.25, -0.2) is 8.42 Å². The highest BCUT2D eigenvalue weighted by Crippen LogP contribution is 2.48. The summed E-state index contributed by atoms with van der Waals surface area (Å²) in [6, 6.07) is 18.4. The van der Waals surface area contributed by atoms with Crippen LogP contribution in [0, 0.1) is 5.92 Å². The molecule has 1 aliphatic rings. The van der Waals surface area contributed by atoms with Crippen molar-refractivity contribution in [3.63, 3.8) is 0 Å². The zero-order chi connectivity index (χ0) is 22.1. The number of carbonyl (C=O) groups is 1. The van der Waals surface area contributed by atoms with Crippen molar-refractivity contribution in [2.24, 2.45) is 5.92 Å². The average Bonchev–Trinajstić information content (AvgIpc) is 3.61. The van der Waals surface area contributed by atoms with Gasteiger partial charge in [-0.05, 0) is 64.7 Å². The van der Waals surface area contributed by atoms with E-state index in [9.17, 15) is 13.2 Å². The Balaban J connectivity index is 1.24. The van der Waals surface area contributed by atoms with E-state index in [1.807, 2.05) is 36.5 Å². The van der Waals surface area contributed by atoms with Crippen LogP contribution >= 0.6 is 0 Å². The van der Waals surface area contributed by atoms with Crippen molar-refractivity contribution in [2.75, 3.05) is 0 Å². The van der Waals surface area contributed by atoms with Crippen LogP contribution in [0.2, 0.25) is 0 Å². The van der Waals surface area contributed by atoms with E-state index >= 15 is 0 Å². The quantitative estimate of drug-likeness (QED) is 0.421. The maximum Gasteiger partial charge on any atom is 0.182 e. The third-order valence-corrected chi connectivity index (χ3v) is 7.76. The minimum Gasteiger partial charge on any atom is -0.299 e. The molecule has 0 N–H and O–H groups in total. The number of Topliss-reactive ketones (excluding diaryl/α,β-unsaturated/α-hetero) is 1. The summed E-state index contributed by atoms with van der Waals surface area (Å²) in [5, 5.41) is 2.15. The summed E-state index contributed by atoms with van der Waals surface area (Å²) in [5.74, 6) is 0.352. The third-order valence-electron chi connectivity index (χ3n) is 6.06. The minimum absolute atomic E-state index is 0.00223. The van der Waals surface area contributed by atoms with Gasteiger partial charge in [0.05, 0.1) is 10.6 Å². The molecule has 160 valence electrons. The molecular formula is C26H22N2O3S. The maximum absolute atomic E-state index is 12.8. The Morgan fingerprint density at radius 3 is 2.38 bits per heavy atom. The van der Waals surface area contributed by atoms with E-state index in [0.717, 1.165) is 28.3 Å². The summed E-state index contributed by atoms with van der Waals surface area (Å²) in [6.07, 6.45) is 7.99. The highest BCUT2D eigenvalue weighted by molar-refractivity contribution is 7.90. The van der Waals surface area contributed by atoms with Crippen molar-refractivity contribution in [2.45, 2.75) is 29.4 Å². The lowest BCUT2D eigenvalue weighted by molar-refractivity contribution is -0.119. The lowest BCUT2D eigenvalue weighted by Crippen LogP contribution is -2.07. The molecule has 0 amide bonds. The van der Waals surface area contributed by atoms with Gasteiger partial charge in [0.15, 0.2) is 9.84 Å². The van der Waals surface area contributed by atoms with Gasteiger partial charge in [0.1, 0.15) is 5.78 Å². The number of carbonyl (C=O) groups excluding carboxylic acids is 1. The molecular weight excluding hydrogens is 420 g/mol. The van der Waals surface area contributed by atoms with Crippen LogP contribution in [0.25, 0.3) is 10.8 Å². The molecule has 0 spiro atoms. The Bertz CT molecular complexity index is 1380. The molecule has 6 heteroatoms. The van der Waals surface area contributed by atoms with E-state index in [2.05, 4.69) is 16.0 Å². The fourth-order valence-electron chi connectivity index (χ4n) is 4.20. The molecule has 5 nitrogen and oxygen atoms in total. The fraction of sp³-hybridized carbons (Fsp3) is 0.192. The highest BCUT2D eigenvalue weighted by atomic mass is 32.2. The van der Waals surface area contributed by atoms with Crippen molar-refractivity contribution >= 4 is 26.4 Å². The number of ketones is 1. The minimum atomic E-state index is -3.42. The van der Waals surface area contributed by atoms with Crippen molar-refractivity contribution in [3.8, 4) is 0 Å². The molecule has 32 heavy (non-hydrogen) atoms. The van der Waals surface area contributed by atoms with Crippen LogP contribution in [0.3, 0.4) is 0 Å². The zero-order valence-electron chi connectivity index (χ0n) is 17.4. The molecule has 2 aromatic carbocycles. The predicted molar refractivity (Wildman–Crippen MR) is 123 cm³/mol. The Kier molecular flexibility index (Phi) is 5.31. The van der Waals surface area contributed by atoms with Gasteiger partial charge in [0.2, 0.25) is 0 Å². The Hall–Kier alpha value is -3.38. The normalized spacial score (nSPS) is 17.9. The second-order valence-corrected chi connectivity index (χ2v) is 10.3. The van der Waals surface area contributed by atoms with E-state index in [4.69, 9.17) is 0 Å². The van der Waals surface area contributed by atoms with E-state index in [1.54, 1.807) is 42.9 Å². The van der Waals surface area contributed by atoms with E-state index in [1.165, 1.54) is 0 Å². The van der Waals surface area contributed by atoms with E-state index in [-0.39, 0.29) is 23.4 Å². The lowest BCUT2D eigenvalue weighted by atomic mass is 10.0. The van der Waals surface area contributed by atoms with Crippen molar-refractivity contribution in [1.29, 1.82) is 0 Å². The van der Waals surface area contributed by atoms with Gasteiger partial charge >= 0.3 is 0 Å². The monoisotopic (exact) mass is 442 g/mol. The summed E-state index contributed by atoms with van der Waals surface area (Å²) < 4.78 is 25.4. The molecule has 4 aromatic rings. The van der Waals surface area contributed by atoms with Crippen LogP contribution in [0.15, 0.2) is 90.3 Å².